The van der Waals surface area contributed by atoms with Gasteiger partial charge in [0.05, 0.1) is 34.9 Å². The highest BCUT2D eigenvalue weighted by atomic mass is 16.7. The molecule has 21 heavy (non-hydrogen) atoms. The van der Waals surface area contributed by atoms with Crippen LogP contribution in [-0.4, -0.2) is 28.1 Å². The van der Waals surface area contributed by atoms with Gasteiger partial charge in [-0.05, 0) is 47.5 Å². The Morgan fingerprint density at radius 1 is 1.29 bits per heavy atom. The molecule has 1 saturated carbocycles. The van der Waals surface area contributed by atoms with Crippen molar-refractivity contribution in [2.45, 2.75) is 65.2 Å². The second-order valence-electron chi connectivity index (χ2n) is 7.35. The van der Waals surface area contributed by atoms with E-state index in [4.69, 9.17) is 9.31 Å². The predicted molar refractivity (Wildman–Crippen MR) is 80.0 cm³/mol. The first-order valence-electron chi connectivity index (χ1n) is 7.49. The maximum atomic E-state index is 9.20. The molecule has 0 radical (unpaired) electrons. The quantitative estimate of drug-likeness (QED) is 0.795. The van der Waals surface area contributed by atoms with Crippen LogP contribution in [0.5, 0.6) is 0 Å². The minimum atomic E-state index is -0.388. The normalized spacial score (nSPS) is 24.9. The van der Waals surface area contributed by atoms with Crippen LogP contribution in [0.1, 0.15) is 46.2 Å². The summed E-state index contributed by atoms with van der Waals surface area (Å²) in [5.74, 6) is 0. The van der Waals surface area contributed by atoms with Crippen LogP contribution in [0.2, 0.25) is 0 Å². The van der Waals surface area contributed by atoms with Crippen LogP contribution >= 0.6 is 0 Å². The summed E-state index contributed by atoms with van der Waals surface area (Å²) in [6.45, 7) is 10.8. The van der Waals surface area contributed by atoms with Gasteiger partial charge < -0.3 is 9.31 Å². The summed E-state index contributed by atoms with van der Waals surface area (Å²) in [6, 6.07) is 2.40. The number of nitrogens with zero attached hydrogens (tertiary/aromatic N) is 3. The Morgan fingerprint density at radius 2 is 1.86 bits per heavy atom. The zero-order valence-corrected chi connectivity index (χ0v) is 13.4. The highest BCUT2D eigenvalue weighted by Crippen LogP contribution is 2.46. The summed E-state index contributed by atoms with van der Waals surface area (Å²) in [6.07, 6.45) is 3.90. The Bertz CT molecular complexity index is 595. The molecule has 0 spiro atoms. The molecule has 2 heterocycles. The van der Waals surface area contributed by atoms with Crippen LogP contribution in [0, 0.1) is 23.7 Å². The molecule has 0 bridgehead atoms. The highest BCUT2D eigenvalue weighted by molar-refractivity contribution is 6.62. The molecule has 0 N–H and O–H groups in total. The number of hydrogen-bond donors (Lipinski definition) is 0. The maximum Gasteiger partial charge on any atom is 0.498 e. The molecule has 0 atom stereocenters. The third kappa shape index (κ3) is 2.39. The van der Waals surface area contributed by atoms with Gasteiger partial charge in [-0.3, -0.25) is 4.68 Å². The molecule has 6 heteroatoms. The van der Waals surface area contributed by atoms with E-state index in [1.54, 1.807) is 0 Å². The summed E-state index contributed by atoms with van der Waals surface area (Å²) >= 11 is 0. The van der Waals surface area contributed by atoms with Crippen LogP contribution in [0.15, 0.2) is 6.20 Å². The van der Waals surface area contributed by atoms with Crippen LogP contribution < -0.4 is 5.46 Å². The van der Waals surface area contributed by atoms with E-state index in [2.05, 4.69) is 11.2 Å². The van der Waals surface area contributed by atoms with Crippen molar-refractivity contribution in [2.24, 2.45) is 5.41 Å². The molecule has 1 aromatic heterocycles. The van der Waals surface area contributed by atoms with E-state index in [0.29, 0.717) is 6.54 Å². The van der Waals surface area contributed by atoms with Gasteiger partial charge in [-0.1, -0.05) is 0 Å². The van der Waals surface area contributed by atoms with Crippen LogP contribution in [0.4, 0.5) is 0 Å². The van der Waals surface area contributed by atoms with Gasteiger partial charge in [0.2, 0.25) is 0 Å². The predicted octanol–water partition coefficient (Wildman–Crippen LogP) is 1.79. The molecule has 5 nitrogen and oxygen atoms in total. The van der Waals surface area contributed by atoms with E-state index in [1.165, 1.54) is 0 Å². The van der Waals surface area contributed by atoms with Gasteiger partial charge in [0.1, 0.15) is 0 Å². The lowest BCUT2D eigenvalue weighted by molar-refractivity contribution is 0.00578. The monoisotopic (exact) mass is 287 g/mol. The lowest BCUT2D eigenvalue weighted by Crippen LogP contribution is -2.41. The van der Waals surface area contributed by atoms with E-state index < -0.39 is 0 Å². The van der Waals surface area contributed by atoms with Crippen molar-refractivity contribution in [3.8, 4) is 6.07 Å². The second kappa shape index (κ2) is 4.34. The zero-order chi connectivity index (χ0) is 15.5. The summed E-state index contributed by atoms with van der Waals surface area (Å²) < 4.78 is 14.0. The number of hydrogen-bond acceptors (Lipinski definition) is 4. The van der Waals surface area contributed by atoms with Crippen LogP contribution in [-0.2, 0) is 15.9 Å². The van der Waals surface area contributed by atoms with Crippen molar-refractivity contribution in [3.63, 3.8) is 0 Å². The summed E-state index contributed by atoms with van der Waals surface area (Å²) in [5, 5.41) is 13.7. The fourth-order valence-electron chi connectivity index (χ4n) is 2.58. The summed E-state index contributed by atoms with van der Waals surface area (Å²) in [5.41, 5.74) is 0.961. The SMILES string of the molecule is Cc1nn(CC2(C#N)CC2)cc1B1OC(C)(C)C(C)(C)O1. The Labute approximate surface area is 126 Å². The van der Waals surface area contributed by atoms with Gasteiger partial charge in [-0.25, -0.2) is 0 Å². The fourth-order valence-corrected chi connectivity index (χ4v) is 2.58. The van der Waals surface area contributed by atoms with Crippen molar-refractivity contribution >= 4 is 12.6 Å². The molecule has 3 rings (SSSR count). The number of nitriles is 1. The molecule has 0 unspecified atom stereocenters. The molecule has 1 aromatic rings. The molecule has 1 aliphatic carbocycles. The number of aryl methyl sites for hydroxylation is 1. The number of rotatable bonds is 3. The first kappa shape index (κ1) is 14.6. The van der Waals surface area contributed by atoms with Gasteiger partial charge in [0.15, 0.2) is 0 Å². The second-order valence-corrected chi connectivity index (χ2v) is 7.35. The van der Waals surface area contributed by atoms with Crippen molar-refractivity contribution in [1.82, 2.24) is 9.78 Å². The Balaban J connectivity index is 1.82. The van der Waals surface area contributed by atoms with E-state index in [9.17, 15) is 5.26 Å². The van der Waals surface area contributed by atoms with Gasteiger partial charge in [0, 0.05) is 11.7 Å². The average molecular weight is 287 g/mol. The number of aromatic nitrogens is 2. The van der Waals surface area contributed by atoms with Crippen molar-refractivity contribution in [1.29, 1.82) is 5.26 Å². The standard InChI is InChI=1S/C15H22BN3O2/c1-11-12(16-20-13(2,3)14(4,5)21-16)8-19(18-11)10-15(9-17)6-7-15/h8H,6-7,10H2,1-5H3. The molecule has 2 aliphatic rings. The first-order chi connectivity index (χ1) is 9.68. The smallest absolute Gasteiger partial charge is 0.399 e. The third-order valence-corrected chi connectivity index (χ3v) is 5.05. The summed E-state index contributed by atoms with van der Waals surface area (Å²) in [7, 11) is -0.388. The van der Waals surface area contributed by atoms with Crippen LogP contribution in [0.25, 0.3) is 0 Å². The van der Waals surface area contributed by atoms with E-state index >= 15 is 0 Å². The molecular formula is C15H22BN3O2. The average Bonchev–Trinajstić information content (AvgIpc) is 2.98. The van der Waals surface area contributed by atoms with Gasteiger partial charge in [0.25, 0.3) is 0 Å². The largest absolute Gasteiger partial charge is 0.498 e. The zero-order valence-electron chi connectivity index (χ0n) is 13.4. The Morgan fingerprint density at radius 3 is 2.33 bits per heavy atom. The van der Waals surface area contributed by atoms with E-state index in [-0.39, 0.29) is 23.7 Å². The highest BCUT2D eigenvalue weighted by Gasteiger charge is 2.52. The van der Waals surface area contributed by atoms with Crippen molar-refractivity contribution in [3.05, 3.63) is 11.9 Å². The fraction of sp³-hybridized carbons (Fsp3) is 0.733. The van der Waals surface area contributed by atoms with Gasteiger partial charge in [-0.2, -0.15) is 10.4 Å². The lowest BCUT2D eigenvalue weighted by atomic mass is 9.79. The molecular weight excluding hydrogens is 265 g/mol. The van der Waals surface area contributed by atoms with Crippen LogP contribution in [0.3, 0.4) is 0 Å². The Hall–Kier alpha value is -1.32. The minimum absolute atomic E-state index is 0.203. The third-order valence-electron chi connectivity index (χ3n) is 5.05. The molecule has 1 aliphatic heterocycles. The van der Waals surface area contributed by atoms with E-state index in [0.717, 1.165) is 24.0 Å². The van der Waals surface area contributed by atoms with Gasteiger partial charge >= 0.3 is 7.12 Å². The molecule has 1 saturated heterocycles. The topological polar surface area (TPSA) is 60.1 Å². The molecule has 0 aromatic carbocycles. The molecule has 112 valence electrons. The minimum Gasteiger partial charge on any atom is -0.399 e. The molecule has 0 amide bonds. The molecule has 2 fully saturated rings. The summed E-state index contributed by atoms with van der Waals surface area (Å²) in [4.78, 5) is 0. The van der Waals surface area contributed by atoms with E-state index in [1.807, 2.05) is 45.5 Å². The van der Waals surface area contributed by atoms with Crippen molar-refractivity contribution in [2.75, 3.05) is 0 Å². The Kier molecular flexibility index (Phi) is 3.02. The van der Waals surface area contributed by atoms with Crippen molar-refractivity contribution < 1.29 is 9.31 Å². The maximum absolute atomic E-state index is 9.20. The first-order valence-corrected chi connectivity index (χ1v) is 7.49. The lowest BCUT2D eigenvalue weighted by Gasteiger charge is -2.32. The van der Waals surface area contributed by atoms with Gasteiger partial charge in [-0.15, -0.1) is 0 Å².